The predicted molar refractivity (Wildman–Crippen MR) is 101 cm³/mol. The Labute approximate surface area is 154 Å². The number of hydrogen-bond acceptors (Lipinski definition) is 4. The SMILES string of the molecule is Cc1cccc(Oc2ncccc2NC(=O)N(C)C[C@H]2CCCO2)c1C. The minimum Gasteiger partial charge on any atom is -0.437 e. The van der Waals surface area contributed by atoms with Crippen LogP contribution in [0.4, 0.5) is 10.5 Å². The van der Waals surface area contributed by atoms with Crippen LogP contribution in [0.15, 0.2) is 36.5 Å². The maximum absolute atomic E-state index is 12.5. The maximum Gasteiger partial charge on any atom is 0.321 e. The molecule has 26 heavy (non-hydrogen) atoms. The van der Waals surface area contributed by atoms with Crippen molar-refractivity contribution in [3.8, 4) is 11.6 Å². The molecular formula is C20H25N3O3. The van der Waals surface area contributed by atoms with Crippen LogP contribution >= 0.6 is 0 Å². The van der Waals surface area contributed by atoms with Gasteiger partial charge in [0.15, 0.2) is 0 Å². The second-order valence-corrected chi connectivity index (χ2v) is 6.60. The first-order valence-electron chi connectivity index (χ1n) is 8.87. The summed E-state index contributed by atoms with van der Waals surface area (Å²) in [6.07, 6.45) is 3.80. The fourth-order valence-electron chi connectivity index (χ4n) is 2.89. The molecule has 0 aliphatic carbocycles. The van der Waals surface area contributed by atoms with E-state index in [1.54, 1.807) is 30.3 Å². The molecule has 2 amide bonds. The average Bonchev–Trinajstić information content (AvgIpc) is 3.13. The van der Waals surface area contributed by atoms with Crippen LogP contribution < -0.4 is 10.1 Å². The van der Waals surface area contributed by atoms with Crippen LogP contribution in [-0.2, 0) is 4.74 Å². The van der Waals surface area contributed by atoms with Gasteiger partial charge in [-0.15, -0.1) is 0 Å². The molecule has 1 N–H and O–H groups in total. The second-order valence-electron chi connectivity index (χ2n) is 6.60. The molecule has 1 atom stereocenters. The van der Waals surface area contributed by atoms with Gasteiger partial charge in [0.2, 0.25) is 5.88 Å². The number of amides is 2. The number of ether oxygens (including phenoxy) is 2. The molecule has 3 rings (SSSR count). The predicted octanol–water partition coefficient (Wildman–Crippen LogP) is 4.13. The van der Waals surface area contributed by atoms with Gasteiger partial charge in [-0.3, -0.25) is 0 Å². The van der Waals surface area contributed by atoms with E-state index in [4.69, 9.17) is 9.47 Å². The zero-order chi connectivity index (χ0) is 18.5. The molecule has 0 bridgehead atoms. The molecule has 6 heteroatoms. The summed E-state index contributed by atoms with van der Waals surface area (Å²) in [5, 5.41) is 2.88. The van der Waals surface area contributed by atoms with Crippen molar-refractivity contribution >= 4 is 11.7 Å². The summed E-state index contributed by atoms with van der Waals surface area (Å²) in [5.41, 5.74) is 2.73. The lowest BCUT2D eigenvalue weighted by Gasteiger charge is -2.22. The number of carbonyl (C=O) groups is 1. The third-order valence-corrected chi connectivity index (χ3v) is 4.62. The average molecular weight is 355 g/mol. The lowest BCUT2D eigenvalue weighted by molar-refractivity contribution is 0.0894. The van der Waals surface area contributed by atoms with Crippen molar-refractivity contribution in [1.29, 1.82) is 0 Å². The van der Waals surface area contributed by atoms with Crippen molar-refractivity contribution in [3.63, 3.8) is 0 Å². The monoisotopic (exact) mass is 355 g/mol. The Balaban J connectivity index is 1.70. The first-order chi connectivity index (χ1) is 12.5. The minimum absolute atomic E-state index is 0.116. The maximum atomic E-state index is 12.5. The highest BCUT2D eigenvalue weighted by Crippen LogP contribution is 2.30. The zero-order valence-corrected chi connectivity index (χ0v) is 15.5. The van der Waals surface area contributed by atoms with E-state index in [2.05, 4.69) is 10.3 Å². The fraction of sp³-hybridized carbons (Fsp3) is 0.400. The topological polar surface area (TPSA) is 63.7 Å². The minimum atomic E-state index is -0.209. The molecule has 6 nitrogen and oxygen atoms in total. The summed E-state index contributed by atoms with van der Waals surface area (Å²) >= 11 is 0. The molecular weight excluding hydrogens is 330 g/mol. The van der Waals surface area contributed by atoms with Crippen molar-refractivity contribution in [2.75, 3.05) is 25.5 Å². The molecule has 1 aliphatic rings. The second kappa shape index (κ2) is 8.19. The smallest absolute Gasteiger partial charge is 0.321 e. The van der Waals surface area contributed by atoms with Gasteiger partial charge in [0.25, 0.3) is 0 Å². The summed E-state index contributed by atoms with van der Waals surface area (Å²) in [4.78, 5) is 18.4. The Morgan fingerprint density at radius 1 is 1.35 bits per heavy atom. The number of nitrogens with one attached hydrogen (secondary N) is 1. The summed E-state index contributed by atoms with van der Waals surface area (Å²) in [6, 6.07) is 9.21. The van der Waals surface area contributed by atoms with Crippen molar-refractivity contribution < 1.29 is 14.3 Å². The Kier molecular flexibility index (Phi) is 5.73. The van der Waals surface area contributed by atoms with Crippen LogP contribution in [0.2, 0.25) is 0 Å². The van der Waals surface area contributed by atoms with Gasteiger partial charge in [-0.05, 0) is 56.0 Å². The van der Waals surface area contributed by atoms with E-state index in [0.717, 1.165) is 36.3 Å². The molecule has 1 saturated heterocycles. The lowest BCUT2D eigenvalue weighted by Crippen LogP contribution is -2.37. The van der Waals surface area contributed by atoms with Gasteiger partial charge in [0.05, 0.1) is 6.10 Å². The summed E-state index contributed by atoms with van der Waals surface area (Å²) in [6.45, 7) is 5.38. The number of aryl methyl sites for hydroxylation is 1. The van der Waals surface area contributed by atoms with Crippen molar-refractivity contribution in [2.45, 2.75) is 32.8 Å². The quantitative estimate of drug-likeness (QED) is 0.876. The molecule has 2 heterocycles. The fourth-order valence-corrected chi connectivity index (χ4v) is 2.89. The molecule has 1 aromatic heterocycles. The number of likely N-dealkylation sites (N-methyl/N-ethyl adjacent to an activating group) is 1. The van der Waals surface area contributed by atoms with Crippen LogP contribution in [-0.4, -0.2) is 42.2 Å². The molecule has 0 unspecified atom stereocenters. The highest BCUT2D eigenvalue weighted by molar-refractivity contribution is 5.90. The molecule has 0 saturated carbocycles. The number of rotatable bonds is 5. The third-order valence-electron chi connectivity index (χ3n) is 4.62. The number of nitrogens with zero attached hydrogens (tertiary/aromatic N) is 2. The van der Waals surface area contributed by atoms with Crippen LogP contribution in [0, 0.1) is 13.8 Å². The lowest BCUT2D eigenvalue weighted by atomic mass is 10.1. The summed E-state index contributed by atoms with van der Waals surface area (Å²) in [7, 11) is 1.76. The van der Waals surface area contributed by atoms with Crippen LogP contribution in [0.3, 0.4) is 0 Å². The van der Waals surface area contributed by atoms with E-state index in [1.807, 2.05) is 32.0 Å². The van der Waals surface area contributed by atoms with Crippen molar-refractivity contribution in [3.05, 3.63) is 47.7 Å². The first-order valence-corrected chi connectivity index (χ1v) is 8.87. The van der Waals surface area contributed by atoms with Gasteiger partial charge >= 0.3 is 6.03 Å². The number of aromatic nitrogens is 1. The Morgan fingerprint density at radius 2 is 2.19 bits per heavy atom. The zero-order valence-electron chi connectivity index (χ0n) is 15.5. The van der Waals surface area contributed by atoms with E-state index in [9.17, 15) is 4.79 Å². The van der Waals surface area contributed by atoms with Crippen molar-refractivity contribution in [2.24, 2.45) is 0 Å². The molecule has 1 aliphatic heterocycles. The van der Waals surface area contributed by atoms with Crippen LogP contribution in [0.25, 0.3) is 0 Å². The Hall–Kier alpha value is -2.60. The standard InChI is InChI=1S/C20H25N3O3/c1-14-7-4-10-18(15(14)2)26-19-17(9-5-11-21-19)22-20(24)23(3)13-16-8-6-12-25-16/h4-5,7,9-11,16H,6,8,12-13H2,1-3H3,(H,22,24)/t16-/m1/s1. The molecule has 138 valence electrons. The molecule has 0 radical (unpaired) electrons. The van der Waals surface area contributed by atoms with Crippen LogP contribution in [0.5, 0.6) is 11.6 Å². The summed E-state index contributed by atoms with van der Waals surface area (Å²) < 4.78 is 11.6. The Morgan fingerprint density at radius 3 is 2.96 bits per heavy atom. The normalized spacial score (nSPS) is 16.3. The third kappa shape index (κ3) is 4.32. The van der Waals surface area contributed by atoms with Gasteiger partial charge in [-0.1, -0.05) is 12.1 Å². The summed E-state index contributed by atoms with van der Waals surface area (Å²) in [5.74, 6) is 1.10. The molecule has 1 aromatic carbocycles. The van der Waals surface area contributed by atoms with Crippen molar-refractivity contribution in [1.82, 2.24) is 9.88 Å². The molecule has 1 fully saturated rings. The van der Waals surface area contributed by atoms with Gasteiger partial charge in [-0.2, -0.15) is 0 Å². The van der Waals surface area contributed by atoms with Gasteiger partial charge in [0, 0.05) is 26.4 Å². The number of anilines is 1. The van der Waals surface area contributed by atoms with E-state index in [0.29, 0.717) is 18.1 Å². The van der Waals surface area contributed by atoms with Gasteiger partial charge in [-0.25, -0.2) is 9.78 Å². The number of benzene rings is 1. The van der Waals surface area contributed by atoms with E-state index in [-0.39, 0.29) is 12.1 Å². The van der Waals surface area contributed by atoms with E-state index < -0.39 is 0 Å². The molecule has 0 spiro atoms. The Bertz CT molecular complexity index is 773. The number of urea groups is 1. The van der Waals surface area contributed by atoms with E-state index in [1.165, 1.54) is 0 Å². The number of hydrogen-bond donors (Lipinski definition) is 1. The largest absolute Gasteiger partial charge is 0.437 e. The van der Waals surface area contributed by atoms with Gasteiger partial charge in [0.1, 0.15) is 11.4 Å². The highest BCUT2D eigenvalue weighted by atomic mass is 16.5. The number of pyridine rings is 1. The van der Waals surface area contributed by atoms with Crippen LogP contribution in [0.1, 0.15) is 24.0 Å². The highest BCUT2D eigenvalue weighted by Gasteiger charge is 2.21. The first kappa shape index (κ1) is 18.2. The van der Waals surface area contributed by atoms with E-state index >= 15 is 0 Å². The molecule has 2 aromatic rings. The van der Waals surface area contributed by atoms with Gasteiger partial charge < -0.3 is 19.7 Å². The number of carbonyl (C=O) groups excluding carboxylic acids is 1.